The summed E-state index contributed by atoms with van der Waals surface area (Å²) in [6.07, 6.45) is 2.39. The van der Waals surface area contributed by atoms with Crippen LogP contribution in [0, 0.1) is 5.92 Å². The molecule has 2 atom stereocenters. The van der Waals surface area contributed by atoms with Gasteiger partial charge < -0.3 is 4.89 Å². The van der Waals surface area contributed by atoms with E-state index in [1.165, 1.54) is 12.8 Å². The fourth-order valence-electron chi connectivity index (χ4n) is 1.51. The standard InChI is InChI=1S/C12H18BrOPS2/c1-3-4-10(2)9-17-15(14,16)12-7-5-11(13)6-8-12/h5-8,10H,3-4,9H2,1-2H3,(H,14,16). The van der Waals surface area contributed by atoms with Crippen molar-refractivity contribution in [3.8, 4) is 0 Å². The number of hydrogen-bond acceptors (Lipinski definition) is 2. The van der Waals surface area contributed by atoms with Crippen molar-refractivity contribution in [3.05, 3.63) is 28.7 Å². The molecule has 2 unspecified atom stereocenters. The third-order valence-corrected chi connectivity index (χ3v) is 8.73. The summed E-state index contributed by atoms with van der Waals surface area (Å²) in [5.41, 5.74) is -2.41. The van der Waals surface area contributed by atoms with E-state index in [0.29, 0.717) is 5.92 Å². The lowest BCUT2D eigenvalue weighted by Gasteiger charge is -2.17. The molecule has 1 aromatic rings. The van der Waals surface area contributed by atoms with Gasteiger partial charge in [-0.05, 0) is 30.2 Å². The van der Waals surface area contributed by atoms with Crippen LogP contribution in [0.15, 0.2) is 28.7 Å². The van der Waals surface area contributed by atoms with Gasteiger partial charge >= 0.3 is 0 Å². The molecule has 1 nitrogen and oxygen atoms in total. The van der Waals surface area contributed by atoms with Crippen molar-refractivity contribution in [2.24, 2.45) is 5.92 Å². The van der Waals surface area contributed by atoms with E-state index in [1.54, 1.807) is 11.4 Å². The topological polar surface area (TPSA) is 20.2 Å². The minimum atomic E-state index is -2.41. The van der Waals surface area contributed by atoms with E-state index in [2.05, 4.69) is 29.8 Å². The maximum Gasteiger partial charge on any atom is 0.146 e. The van der Waals surface area contributed by atoms with Crippen LogP contribution >= 0.6 is 32.8 Å². The highest BCUT2D eigenvalue weighted by atomic mass is 79.9. The number of benzene rings is 1. The van der Waals surface area contributed by atoms with Crippen molar-refractivity contribution in [2.45, 2.75) is 26.7 Å². The lowest BCUT2D eigenvalue weighted by atomic mass is 10.1. The highest BCUT2D eigenvalue weighted by Crippen LogP contribution is 2.54. The Balaban J connectivity index is 2.62. The zero-order valence-electron chi connectivity index (χ0n) is 10.1. The van der Waals surface area contributed by atoms with Crippen LogP contribution in [0.25, 0.3) is 0 Å². The largest absolute Gasteiger partial charge is 0.354 e. The van der Waals surface area contributed by atoms with E-state index < -0.39 is 5.47 Å². The highest BCUT2D eigenvalue weighted by Gasteiger charge is 2.17. The predicted molar refractivity (Wildman–Crippen MR) is 86.8 cm³/mol. The van der Waals surface area contributed by atoms with Gasteiger partial charge in [-0.1, -0.05) is 65.8 Å². The van der Waals surface area contributed by atoms with Crippen LogP contribution in [0.3, 0.4) is 0 Å². The smallest absolute Gasteiger partial charge is 0.146 e. The maximum absolute atomic E-state index is 10.4. The van der Waals surface area contributed by atoms with E-state index >= 15 is 0 Å². The molecule has 0 aliphatic carbocycles. The van der Waals surface area contributed by atoms with Gasteiger partial charge in [-0.3, -0.25) is 0 Å². The molecule has 0 saturated carbocycles. The summed E-state index contributed by atoms with van der Waals surface area (Å²) in [6, 6.07) is 7.70. The Kier molecular flexibility index (Phi) is 6.75. The van der Waals surface area contributed by atoms with Crippen LogP contribution in [0.4, 0.5) is 0 Å². The van der Waals surface area contributed by atoms with Crippen LogP contribution in [0.2, 0.25) is 0 Å². The first-order valence-electron chi connectivity index (χ1n) is 5.69. The van der Waals surface area contributed by atoms with Crippen LogP contribution in [0.5, 0.6) is 0 Å². The monoisotopic (exact) mass is 352 g/mol. The Hall–Kier alpha value is 0.660. The Morgan fingerprint density at radius 1 is 1.41 bits per heavy atom. The average Bonchev–Trinajstić information content (AvgIpc) is 2.28. The molecule has 1 aromatic carbocycles. The maximum atomic E-state index is 10.4. The van der Waals surface area contributed by atoms with Crippen molar-refractivity contribution in [2.75, 3.05) is 5.75 Å². The Bertz CT molecular complexity index is 394. The molecule has 0 spiro atoms. The predicted octanol–water partition coefficient (Wildman–Crippen LogP) is 4.55. The van der Waals surface area contributed by atoms with Gasteiger partial charge in [-0.25, -0.2) is 0 Å². The molecule has 0 aliphatic rings. The molecule has 17 heavy (non-hydrogen) atoms. The molecule has 5 heteroatoms. The third kappa shape index (κ3) is 5.44. The van der Waals surface area contributed by atoms with Crippen molar-refractivity contribution in [3.63, 3.8) is 0 Å². The van der Waals surface area contributed by atoms with E-state index in [4.69, 9.17) is 11.8 Å². The lowest BCUT2D eigenvalue weighted by Crippen LogP contribution is -2.04. The van der Waals surface area contributed by atoms with Crippen LogP contribution in [-0.4, -0.2) is 10.6 Å². The average molecular weight is 353 g/mol. The molecule has 0 fully saturated rings. The van der Waals surface area contributed by atoms with Gasteiger partial charge in [0.25, 0.3) is 0 Å². The summed E-state index contributed by atoms with van der Waals surface area (Å²) in [5.74, 6) is 1.56. The number of halogens is 1. The van der Waals surface area contributed by atoms with Gasteiger partial charge in [0.15, 0.2) is 0 Å². The van der Waals surface area contributed by atoms with Gasteiger partial charge in [0, 0.05) is 15.5 Å². The van der Waals surface area contributed by atoms with Gasteiger partial charge in [0.1, 0.15) is 5.47 Å². The number of hydrogen-bond donors (Lipinski definition) is 1. The van der Waals surface area contributed by atoms with Gasteiger partial charge in [-0.15, -0.1) is 0 Å². The summed E-state index contributed by atoms with van der Waals surface area (Å²) in [6.45, 7) is 4.40. The molecule has 0 radical (unpaired) electrons. The van der Waals surface area contributed by atoms with Crippen LogP contribution in [0.1, 0.15) is 26.7 Å². The quantitative estimate of drug-likeness (QED) is 0.758. The molecule has 0 saturated heterocycles. The molecular weight excluding hydrogens is 335 g/mol. The first-order chi connectivity index (χ1) is 7.95. The Morgan fingerprint density at radius 3 is 2.53 bits per heavy atom. The second-order valence-corrected chi connectivity index (χ2v) is 11.9. The van der Waals surface area contributed by atoms with E-state index in [0.717, 1.165) is 15.5 Å². The minimum absolute atomic E-state index is 0.620. The zero-order valence-corrected chi connectivity index (χ0v) is 14.2. The van der Waals surface area contributed by atoms with E-state index in [-0.39, 0.29) is 0 Å². The Labute approximate surface area is 121 Å². The first kappa shape index (κ1) is 15.7. The molecule has 0 aliphatic heterocycles. The minimum Gasteiger partial charge on any atom is -0.354 e. The third-order valence-electron chi connectivity index (χ3n) is 2.47. The number of rotatable bonds is 6. The molecule has 0 heterocycles. The fraction of sp³-hybridized carbons (Fsp3) is 0.500. The zero-order chi connectivity index (χ0) is 12.9. The molecule has 0 aromatic heterocycles. The van der Waals surface area contributed by atoms with Crippen molar-refractivity contribution in [1.29, 1.82) is 0 Å². The molecule has 0 bridgehead atoms. The molecule has 0 amide bonds. The SMILES string of the molecule is CCCC(C)CSP(O)(=S)c1ccc(Br)cc1. The second-order valence-electron chi connectivity index (χ2n) is 4.19. The van der Waals surface area contributed by atoms with E-state index in [9.17, 15) is 4.89 Å². The van der Waals surface area contributed by atoms with Gasteiger partial charge in [-0.2, -0.15) is 0 Å². The summed E-state index contributed by atoms with van der Waals surface area (Å²) >= 11 is 10.3. The molecular formula is C12H18BrOPS2. The lowest BCUT2D eigenvalue weighted by molar-refractivity contribution is 0.585. The van der Waals surface area contributed by atoms with Crippen LogP contribution < -0.4 is 5.30 Å². The fourth-order valence-corrected chi connectivity index (χ4v) is 6.17. The molecule has 1 rings (SSSR count). The first-order valence-corrected chi connectivity index (χ1v) is 10.8. The van der Waals surface area contributed by atoms with E-state index in [1.807, 2.05) is 24.3 Å². The molecule has 1 N–H and O–H groups in total. The Morgan fingerprint density at radius 2 is 2.00 bits per heavy atom. The summed E-state index contributed by atoms with van der Waals surface area (Å²) in [7, 11) is 0. The van der Waals surface area contributed by atoms with Gasteiger partial charge in [0.05, 0.1) is 0 Å². The highest BCUT2D eigenvalue weighted by molar-refractivity contribution is 9.10. The van der Waals surface area contributed by atoms with Crippen molar-refractivity contribution >= 4 is 49.9 Å². The summed E-state index contributed by atoms with van der Waals surface area (Å²) in [5, 5.41) is 0.893. The van der Waals surface area contributed by atoms with Crippen molar-refractivity contribution < 1.29 is 4.89 Å². The second kappa shape index (κ2) is 7.30. The summed E-state index contributed by atoms with van der Waals surface area (Å²) in [4.78, 5) is 10.4. The summed E-state index contributed by atoms with van der Waals surface area (Å²) < 4.78 is 1.01. The van der Waals surface area contributed by atoms with Crippen molar-refractivity contribution in [1.82, 2.24) is 0 Å². The normalized spacial score (nSPS) is 16.5. The van der Waals surface area contributed by atoms with Gasteiger partial charge in [0.2, 0.25) is 0 Å². The van der Waals surface area contributed by atoms with Crippen LogP contribution in [-0.2, 0) is 11.8 Å². The molecule has 96 valence electrons.